The number of carbonyl (C=O) groups excluding carboxylic acids is 1. The summed E-state index contributed by atoms with van der Waals surface area (Å²) in [6, 6.07) is 13.5. The van der Waals surface area contributed by atoms with Crippen molar-refractivity contribution in [3.63, 3.8) is 0 Å². The topological polar surface area (TPSA) is 63.6 Å². The maximum atomic E-state index is 11.7. The minimum absolute atomic E-state index is 0.0132. The first-order valence-electron chi connectivity index (χ1n) is 6.04. The summed E-state index contributed by atoms with van der Waals surface area (Å²) in [4.78, 5) is 22.6. The summed E-state index contributed by atoms with van der Waals surface area (Å²) < 4.78 is 5.04. The number of rotatable bonds is 4. The molecule has 0 aromatic heterocycles. The van der Waals surface area contributed by atoms with E-state index in [4.69, 9.17) is 21.4 Å². The SMILES string of the molecule is O=C(/C=C/c1ccccc1)Oc1cccc(C(=O)O)c1Cl. The first kappa shape index (κ1) is 14.8. The van der Waals surface area contributed by atoms with Gasteiger partial charge in [-0.1, -0.05) is 48.0 Å². The van der Waals surface area contributed by atoms with E-state index >= 15 is 0 Å². The van der Waals surface area contributed by atoms with E-state index in [-0.39, 0.29) is 16.3 Å². The third kappa shape index (κ3) is 3.94. The molecule has 0 saturated heterocycles. The van der Waals surface area contributed by atoms with Crippen molar-refractivity contribution in [1.29, 1.82) is 0 Å². The lowest BCUT2D eigenvalue weighted by molar-refractivity contribution is -0.128. The third-order valence-electron chi connectivity index (χ3n) is 2.62. The monoisotopic (exact) mass is 302 g/mol. The smallest absolute Gasteiger partial charge is 0.337 e. The lowest BCUT2D eigenvalue weighted by Gasteiger charge is -2.06. The molecule has 0 aliphatic heterocycles. The van der Waals surface area contributed by atoms with E-state index in [9.17, 15) is 9.59 Å². The summed E-state index contributed by atoms with van der Waals surface area (Å²) in [6.45, 7) is 0. The molecule has 0 bridgehead atoms. The number of hydrogen-bond acceptors (Lipinski definition) is 3. The number of carboxylic acids is 1. The first-order chi connectivity index (χ1) is 10.1. The number of halogens is 1. The number of carboxylic acid groups (broad SMARTS) is 1. The Kier molecular flexibility index (Phi) is 4.74. The number of aromatic carboxylic acids is 1. The van der Waals surface area contributed by atoms with Crippen LogP contribution in [0.15, 0.2) is 54.6 Å². The Bertz CT molecular complexity index is 693. The lowest BCUT2D eigenvalue weighted by atomic mass is 10.2. The van der Waals surface area contributed by atoms with Crippen LogP contribution in [0, 0.1) is 0 Å². The van der Waals surface area contributed by atoms with Crippen LogP contribution in [0.4, 0.5) is 0 Å². The van der Waals surface area contributed by atoms with E-state index in [1.165, 1.54) is 24.3 Å². The molecule has 0 aliphatic rings. The average Bonchev–Trinajstić information content (AvgIpc) is 2.48. The summed E-state index contributed by atoms with van der Waals surface area (Å²) in [5, 5.41) is 8.83. The first-order valence-corrected chi connectivity index (χ1v) is 6.42. The summed E-state index contributed by atoms with van der Waals surface area (Å²) >= 11 is 5.88. The van der Waals surface area contributed by atoms with Gasteiger partial charge in [0.1, 0.15) is 0 Å². The molecule has 5 heteroatoms. The molecule has 2 aromatic carbocycles. The van der Waals surface area contributed by atoms with E-state index in [0.29, 0.717) is 0 Å². The predicted molar refractivity (Wildman–Crippen MR) is 79.5 cm³/mol. The molecule has 2 rings (SSSR count). The van der Waals surface area contributed by atoms with Crippen molar-refractivity contribution < 1.29 is 19.4 Å². The quantitative estimate of drug-likeness (QED) is 0.532. The zero-order valence-corrected chi connectivity index (χ0v) is 11.6. The highest BCUT2D eigenvalue weighted by molar-refractivity contribution is 6.35. The Labute approximate surface area is 126 Å². The second-order valence-electron chi connectivity index (χ2n) is 4.09. The molecule has 0 fully saturated rings. The van der Waals surface area contributed by atoms with Crippen molar-refractivity contribution in [1.82, 2.24) is 0 Å². The zero-order chi connectivity index (χ0) is 15.2. The Hall–Kier alpha value is -2.59. The molecule has 0 heterocycles. The van der Waals surface area contributed by atoms with Gasteiger partial charge < -0.3 is 9.84 Å². The van der Waals surface area contributed by atoms with Crippen molar-refractivity contribution in [2.75, 3.05) is 0 Å². The highest BCUT2D eigenvalue weighted by atomic mass is 35.5. The minimum Gasteiger partial charge on any atom is -0.478 e. The molecule has 0 aliphatic carbocycles. The van der Waals surface area contributed by atoms with Crippen molar-refractivity contribution in [2.24, 2.45) is 0 Å². The number of hydrogen-bond donors (Lipinski definition) is 1. The van der Waals surface area contributed by atoms with Gasteiger partial charge in [0, 0.05) is 6.08 Å². The Morgan fingerprint density at radius 1 is 1.05 bits per heavy atom. The molecule has 0 atom stereocenters. The average molecular weight is 303 g/mol. The Morgan fingerprint density at radius 2 is 1.76 bits per heavy atom. The second-order valence-corrected chi connectivity index (χ2v) is 4.47. The van der Waals surface area contributed by atoms with Gasteiger partial charge in [0.05, 0.1) is 10.6 Å². The van der Waals surface area contributed by atoms with Crippen LogP contribution >= 0.6 is 11.6 Å². The van der Waals surface area contributed by atoms with Crippen LogP contribution in [0.25, 0.3) is 6.08 Å². The van der Waals surface area contributed by atoms with E-state index in [1.54, 1.807) is 6.08 Å². The van der Waals surface area contributed by atoms with E-state index in [1.807, 2.05) is 30.3 Å². The van der Waals surface area contributed by atoms with Gasteiger partial charge in [0.25, 0.3) is 0 Å². The van der Waals surface area contributed by atoms with Crippen LogP contribution < -0.4 is 4.74 Å². The van der Waals surface area contributed by atoms with Gasteiger partial charge in [-0.05, 0) is 23.8 Å². The summed E-state index contributed by atoms with van der Waals surface area (Å²) in [7, 11) is 0. The van der Waals surface area contributed by atoms with Gasteiger partial charge in [0.2, 0.25) is 0 Å². The maximum Gasteiger partial charge on any atom is 0.337 e. The molecule has 106 valence electrons. The second kappa shape index (κ2) is 6.72. The summed E-state index contributed by atoms with van der Waals surface area (Å²) in [5.41, 5.74) is 0.730. The van der Waals surface area contributed by atoms with Gasteiger partial charge in [-0.3, -0.25) is 0 Å². The van der Waals surface area contributed by atoms with Crippen LogP contribution in [-0.4, -0.2) is 17.0 Å². The van der Waals surface area contributed by atoms with Crippen molar-refractivity contribution in [2.45, 2.75) is 0 Å². The largest absolute Gasteiger partial charge is 0.478 e. The van der Waals surface area contributed by atoms with Crippen LogP contribution in [0.3, 0.4) is 0 Å². The molecule has 0 spiro atoms. The number of ether oxygens (including phenoxy) is 1. The van der Waals surface area contributed by atoms with Crippen molar-refractivity contribution in [3.8, 4) is 5.75 Å². The standard InChI is InChI=1S/C16H11ClO4/c17-15-12(16(19)20)7-4-8-13(15)21-14(18)10-9-11-5-2-1-3-6-11/h1-10H,(H,19,20)/b10-9+. The highest BCUT2D eigenvalue weighted by Crippen LogP contribution is 2.28. The predicted octanol–water partition coefficient (Wildman–Crippen LogP) is 3.66. The minimum atomic E-state index is -1.18. The number of benzene rings is 2. The molecule has 21 heavy (non-hydrogen) atoms. The van der Waals surface area contributed by atoms with Crippen molar-refractivity contribution >= 4 is 29.6 Å². The molecular weight excluding hydrogens is 292 g/mol. The molecule has 4 nitrogen and oxygen atoms in total. The van der Waals surface area contributed by atoms with Gasteiger partial charge in [0.15, 0.2) is 5.75 Å². The van der Waals surface area contributed by atoms with Gasteiger partial charge >= 0.3 is 11.9 Å². The third-order valence-corrected chi connectivity index (χ3v) is 3.01. The van der Waals surface area contributed by atoms with Gasteiger partial charge in [-0.2, -0.15) is 0 Å². The molecule has 0 unspecified atom stereocenters. The zero-order valence-electron chi connectivity index (χ0n) is 10.8. The molecule has 2 aromatic rings. The van der Waals surface area contributed by atoms with E-state index in [2.05, 4.69) is 0 Å². The molecule has 1 N–H and O–H groups in total. The number of carbonyl (C=O) groups is 2. The Morgan fingerprint density at radius 3 is 2.43 bits per heavy atom. The fraction of sp³-hybridized carbons (Fsp3) is 0. The molecule has 0 saturated carbocycles. The highest BCUT2D eigenvalue weighted by Gasteiger charge is 2.14. The van der Waals surface area contributed by atoms with E-state index in [0.717, 1.165) is 5.56 Å². The fourth-order valence-electron chi connectivity index (χ4n) is 1.63. The van der Waals surface area contributed by atoms with Crippen molar-refractivity contribution in [3.05, 3.63) is 70.8 Å². The van der Waals surface area contributed by atoms with Crippen LogP contribution in [0.1, 0.15) is 15.9 Å². The van der Waals surface area contributed by atoms with Crippen LogP contribution in [0.2, 0.25) is 5.02 Å². The van der Waals surface area contributed by atoms with E-state index < -0.39 is 11.9 Å². The maximum absolute atomic E-state index is 11.7. The van der Waals surface area contributed by atoms with Crippen LogP contribution in [-0.2, 0) is 4.79 Å². The Balaban J connectivity index is 2.12. The van der Waals surface area contributed by atoms with Gasteiger partial charge in [-0.25, -0.2) is 9.59 Å². The van der Waals surface area contributed by atoms with Gasteiger partial charge in [-0.15, -0.1) is 0 Å². The summed E-state index contributed by atoms with van der Waals surface area (Å²) in [6.07, 6.45) is 2.84. The summed E-state index contributed by atoms with van der Waals surface area (Å²) in [5.74, 6) is -1.81. The van der Waals surface area contributed by atoms with Crippen LogP contribution in [0.5, 0.6) is 5.75 Å². The fourth-order valence-corrected chi connectivity index (χ4v) is 1.87. The lowest BCUT2D eigenvalue weighted by Crippen LogP contribution is -2.06. The molecular formula is C16H11ClO4. The normalized spacial score (nSPS) is 10.5. The molecule has 0 radical (unpaired) electrons. The number of esters is 1. The molecule has 0 amide bonds.